The fraction of sp³-hybridized carbons (Fsp3) is 0.467. The zero-order valence-electron chi connectivity index (χ0n) is 11.9. The van der Waals surface area contributed by atoms with Crippen molar-refractivity contribution in [1.82, 2.24) is 5.32 Å². The van der Waals surface area contributed by atoms with E-state index in [0.717, 1.165) is 5.56 Å². The van der Waals surface area contributed by atoms with Crippen LogP contribution >= 0.6 is 0 Å². The minimum atomic E-state index is -1.39. The molecule has 20 heavy (non-hydrogen) atoms. The van der Waals surface area contributed by atoms with Crippen LogP contribution in [0.4, 0.5) is 4.79 Å². The van der Waals surface area contributed by atoms with E-state index in [0.29, 0.717) is 18.4 Å². The highest BCUT2D eigenvalue weighted by Gasteiger charge is 2.47. The van der Waals surface area contributed by atoms with Gasteiger partial charge in [0.1, 0.15) is 5.60 Å². The van der Waals surface area contributed by atoms with Crippen LogP contribution in [0, 0.1) is 0 Å². The second-order valence-electron chi connectivity index (χ2n) is 5.99. The molecule has 0 heterocycles. The Bertz CT molecular complexity index is 547. The maximum absolute atomic E-state index is 11.9. The molecule has 0 spiro atoms. The van der Waals surface area contributed by atoms with E-state index in [2.05, 4.69) is 5.32 Å². The summed E-state index contributed by atoms with van der Waals surface area (Å²) < 4.78 is 5.18. The monoisotopic (exact) mass is 277 g/mol. The molecule has 1 aromatic carbocycles. The molecule has 1 unspecified atom stereocenters. The molecule has 5 heteroatoms. The van der Waals surface area contributed by atoms with Crippen molar-refractivity contribution >= 4 is 12.1 Å². The normalized spacial score (nSPS) is 21.1. The molecule has 5 nitrogen and oxygen atoms in total. The van der Waals surface area contributed by atoms with E-state index in [4.69, 9.17) is 4.74 Å². The van der Waals surface area contributed by atoms with E-state index in [1.807, 2.05) is 12.1 Å². The van der Waals surface area contributed by atoms with Crippen LogP contribution in [0.3, 0.4) is 0 Å². The highest BCUT2D eigenvalue weighted by Crippen LogP contribution is 2.37. The first-order chi connectivity index (χ1) is 9.24. The zero-order valence-corrected chi connectivity index (χ0v) is 11.9. The lowest BCUT2D eigenvalue weighted by molar-refractivity contribution is -0.145. The summed E-state index contributed by atoms with van der Waals surface area (Å²) in [6, 6.07) is 7.27. The fourth-order valence-electron chi connectivity index (χ4n) is 2.49. The molecule has 1 aliphatic carbocycles. The first-order valence-electron chi connectivity index (χ1n) is 6.57. The van der Waals surface area contributed by atoms with Gasteiger partial charge in [-0.1, -0.05) is 24.3 Å². The van der Waals surface area contributed by atoms with Crippen LogP contribution in [0.5, 0.6) is 0 Å². The lowest BCUT2D eigenvalue weighted by atomic mass is 9.92. The number of carbonyl (C=O) groups excluding carboxylic acids is 1. The predicted molar refractivity (Wildman–Crippen MR) is 73.4 cm³/mol. The summed E-state index contributed by atoms with van der Waals surface area (Å²) >= 11 is 0. The third kappa shape index (κ3) is 2.61. The number of carboxylic acids is 1. The molecule has 0 saturated carbocycles. The van der Waals surface area contributed by atoms with Gasteiger partial charge in [0.2, 0.25) is 0 Å². The molecule has 1 amide bonds. The largest absolute Gasteiger partial charge is 0.479 e. The van der Waals surface area contributed by atoms with Crippen molar-refractivity contribution in [2.45, 2.75) is 44.8 Å². The quantitative estimate of drug-likeness (QED) is 0.870. The maximum atomic E-state index is 11.9. The second kappa shape index (κ2) is 4.81. The van der Waals surface area contributed by atoms with E-state index < -0.39 is 23.2 Å². The van der Waals surface area contributed by atoms with Crippen molar-refractivity contribution in [3.05, 3.63) is 35.4 Å². The Morgan fingerprint density at radius 3 is 2.55 bits per heavy atom. The number of hydrogen-bond donors (Lipinski definition) is 2. The van der Waals surface area contributed by atoms with Crippen molar-refractivity contribution in [2.24, 2.45) is 0 Å². The van der Waals surface area contributed by atoms with E-state index in [-0.39, 0.29) is 0 Å². The van der Waals surface area contributed by atoms with Crippen molar-refractivity contribution in [2.75, 3.05) is 0 Å². The van der Waals surface area contributed by atoms with Gasteiger partial charge in [-0.3, -0.25) is 0 Å². The lowest BCUT2D eigenvalue weighted by Crippen LogP contribution is -2.51. The number of nitrogens with one attached hydrogen (secondary N) is 1. The Hall–Kier alpha value is -2.04. The van der Waals surface area contributed by atoms with Gasteiger partial charge in [0, 0.05) is 0 Å². The number of carbonyl (C=O) groups is 2. The molecule has 0 radical (unpaired) electrons. The molecule has 0 aliphatic heterocycles. The third-order valence-electron chi connectivity index (χ3n) is 3.33. The Morgan fingerprint density at radius 2 is 1.95 bits per heavy atom. The molecule has 1 atom stereocenters. The Balaban J connectivity index is 2.30. The van der Waals surface area contributed by atoms with Gasteiger partial charge in [0.05, 0.1) is 0 Å². The smallest absolute Gasteiger partial charge is 0.408 e. The molecule has 1 aliphatic rings. The minimum Gasteiger partial charge on any atom is -0.479 e. The highest BCUT2D eigenvalue weighted by molar-refractivity contribution is 5.87. The standard InChI is InChI=1S/C15H19NO4/c1-14(2,3)20-13(19)16-15(12(17)18)9-8-10-6-4-5-7-11(10)15/h4-7H,8-9H2,1-3H3,(H,16,19)(H,17,18). The number of ether oxygens (including phenoxy) is 1. The van der Waals surface area contributed by atoms with Gasteiger partial charge >= 0.3 is 12.1 Å². The molecular formula is C15H19NO4. The van der Waals surface area contributed by atoms with Crippen molar-refractivity contribution in [3.63, 3.8) is 0 Å². The third-order valence-corrected chi connectivity index (χ3v) is 3.33. The number of aryl methyl sites for hydroxylation is 1. The average Bonchev–Trinajstić information content (AvgIpc) is 2.67. The SMILES string of the molecule is CC(C)(C)OC(=O)NC1(C(=O)O)CCc2ccccc21. The Morgan fingerprint density at radius 1 is 1.30 bits per heavy atom. The van der Waals surface area contributed by atoms with Gasteiger partial charge in [0.25, 0.3) is 0 Å². The molecule has 108 valence electrons. The second-order valence-corrected chi connectivity index (χ2v) is 5.99. The number of carboxylic acid groups (broad SMARTS) is 1. The summed E-state index contributed by atoms with van der Waals surface area (Å²) in [5.41, 5.74) is -0.467. The molecule has 0 fully saturated rings. The highest BCUT2D eigenvalue weighted by atomic mass is 16.6. The lowest BCUT2D eigenvalue weighted by Gasteiger charge is -2.29. The molecule has 2 N–H and O–H groups in total. The van der Waals surface area contributed by atoms with Crippen molar-refractivity contribution < 1.29 is 19.4 Å². The molecule has 0 saturated heterocycles. The number of hydrogen-bond acceptors (Lipinski definition) is 3. The van der Waals surface area contributed by atoms with Crippen LogP contribution in [-0.4, -0.2) is 22.8 Å². The van der Waals surface area contributed by atoms with Gasteiger partial charge < -0.3 is 15.2 Å². The number of benzene rings is 1. The predicted octanol–water partition coefficient (Wildman–Crippen LogP) is 2.44. The van der Waals surface area contributed by atoms with Gasteiger partial charge in [-0.05, 0) is 44.7 Å². The molecule has 1 aromatic rings. The first kappa shape index (κ1) is 14.4. The topological polar surface area (TPSA) is 75.6 Å². The van der Waals surface area contributed by atoms with Crippen LogP contribution in [0.25, 0.3) is 0 Å². The number of fused-ring (bicyclic) bond motifs is 1. The Kier molecular flexibility index (Phi) is 3.46. The molecule has 2 rings (SSSR count). The van der Waals surface area contributed by atoms with Crippen LogP contribution in [0.2, 0.25) is 0 Å². The summed E-state index contributed by atoms with van der Waals surface area (Å²) in [5, 5.41) is 12.1. The van der Waals surface area contributed by atoms with Crippen LogP contribution in [-0.2, 0) is 21.5 Å². The van der Waals surface area contributed by atoms with E-state index in [9.17, 15) is 14.7 Å². The number of rotatable bonds is 2. The average molecular weight is 277 g/mol. The maximum Gasteiger partial charge on any atom is 0.408 e. The Labute approximate surface area is 117 Å². The zero-order chi connectivity index (χ0) is 15.0. The van der Waals surface area contributed by atoms with Gasteiger partial charge in [-0.15, -0.1) is 0 Å². The first-order valence-corrected chi connectivity index (χ1v) is 6.57. The van der Waals surface area contributed by atoms with Crippen molar-refractivity contribution in [1.29, 1.82) is 0 Å². The molecule has 0 aromatic heterocycles. The van der Waals surface area contributed by atoms with Crippen LogP contribution in [0.15, 0.2) is 24.3 Å². The van der Waals surface area contributed by atoms with Gasteiger partial charge in [-0.25, -0.2) is 9.59 Å². The number of aliphatic carboxylic acids is 1. The van der Waals surface area contributed by atoms with E-state index in [1.165, 1.54) is 0 Å². The summed E-state index contributed by atoms with van der Waals surface area (Å²) in [6.07, 6.45) is 0.246. The fourth-order valence-corrected chi connectivity index (χ4v) is 2.49. The van der Waals surface area contributed by atoms with Crippen LogP contribution < -0.4 is 5.32 Å². The molecular weight excluding hydrogens is 258 g/mol. The summed E-state index contributed by atoms with van der Waals surface area (Å²) in [7, 11) is 0. The van der Waals surface area contributed by atoms with Gasteiger partial charge in [0.15, 0.2) is 5.54 Å². The molecule has 0 bridgehead atoms. The number of amides is 1. The summed E-state index contributed by atoms with van der Waals surface area (Å²) in [4.78, 5) is 23.7. The minimum absolute atomic E-state index is 0.334. The van der Waals surface area contributed by atoms with E-state index in [1.54, 1.807) is 32.9 Å². The van der Waals surface area contributed by atoms with Gasteiger partial charge in [-0.2, -0.15) is 0 Å². The van der Waals surface area contributed by atoms with E-state index >= 15 is 0 Å². The van der Waals surface area contributed by atoms with Crippen molar-refractivity contribution in [3.8, 4) is 0 Å². The van der Waals surface area contributed by atoms with Crippen LogP contribution in [0.1, 0.15) is 38.3 Å². The summed E-state index contributed by atoms with van der Waals surface area (Å²) in [5.74, 6) is -1.06. The summed E-state index contributed by atoms with van der Waals surface area (Å²) in [6.45, 7) is 5.22. The number of alkyl carbamates (subject to hydrolysis) is 1.